The third-order valence-electron chi connectivity index (χ3n) is 2.32. The van der Waals surface area contributed by atoms with Crippen molar-refractivity contribution in [3.05, 3.63) is 42.0 Å². The Labute approximate surface area is 120 Å². The maximum absolute atomic E-state index is 5.12. The Morgan fingerprint density at radius 2 is 2.00 bits per heavy atom. The lowest BCUT2D eigenvalue weighted by Gasteiger charge is -2.09. The highest BCUT2D eigenvalue weighted by Gasteiger charge is 1.95. The van der Waals surface area contributed by atoms with Gasteiger partial charge in [0.2, 0.25) is 0 Å². The minimum Gasteiger partial charge on any atom is -0.361 e. The molecule has 0 fully saturated rings. The van der Waals surface area contributed by atoms with Crippen LogP contribution in [0.2, 0.25) is 0 Å². The van der Waals surface area contributed by atoms with E-state index in [2.05, 4.69) is 29.7 Å². The van der Waals surface area contributed by atoms with Crippen molar-refractivity contribution < 1.29 is 0 Å². The highest BCUT2D eigenvalue weighted by molar-refractivity contribution is 7.80. The highest BCUT2D eigenvalue weighted by atomic mass is 32.1. The van der Waals surface area contributed by atoms with Crippen LogP contribution in [0.5, 0.6) is 0 Å². The van der Waals surface area contributed by atoms with Crippen molar-refractivity contribution in [3.8, 4) is 0 Å². The summed E-state index contributed by atoms with van der Waals surface area (Å²) in [6, 6.07) is 10.1. The van der Waals surface area contributed by atoms with E-state index in [0.29, 0.717) is 11.0 Å². The minimum absolute atomic E-state index is 0.557. The summed E-state index contributed by atoms with van der Waals surface area (Å²) in [5, 5.41) is 7.85. The maximum Gasteiger partial charge on any atom is 0.186 e. The molecule has 0 aromatic heterocycles. The van der Waals surface area contributed by atoms with E-state index in [9.17, 15) is 0 Å². The molecule has 0 radical (unpaired) electrons. The average molecular weight is 275 g/mol. The Morgan fingerprint density at radius 3 is 2.63 bits per heavy atom. The number of hydrazone groups is 1. The second kappa shape index (κ2) is 8.43. The van der Waals surface area contributed by atoms with Crippen molar-refractivity contribution in [2.75, 3.05) is 6.54 Å². The normalized spacial score (nSPS) is 11.9. The fourth-order valence-corrected chi connectivity index (χ4v) is 1.42. The number of nitrogens with one attached hydrogen (secondary N) is 2. The van der Waals surface area contributed by atoms with E-state index < -0.39 is 0 Å². The molecule has 0 saturated heterocycles. The van der Waals surface area contributed by atoms with Crippen molar-refractivity contribution >= 4 is 29.1 Å². The van der Waals surface area contributed by atoms with E-state index in [1.54, 1.807) is 0 Å². The molecule has 0 saturated carbocycles. The lowest BCUT2D eigenvalue weighted by molar-refractivity contribution is 0.621. The second-order valence-electron chi connectivity index (χ2n) is 4.71. The van der Waals surface area contributed by atoms with E-state index in [1.807, 2.05) is 49.4 Å². The molecule has 19 heavy (non-hydrogen) atoms. The van der Waals surface area contributed by atoms with Crippen molar-refractivity contribution in [2.24, 2.45) is 11.0 Å². The summed E-state index contributed by atoms with van der Waals surface area (Å²) in [5.74, 6) is 0.558. The van der Waals surface area contributed by atoms with Crippen molar-refractivity contribution in [3.63, 3.8) is 0 Å². The number of thiocarbonyl (C=S) groups is 1. The van der Waals surface area contributed by atoms with E-state index in [1.165, 1.54) is 0 Å². The molecule has 0 heterocycles. The molecular formula is C15H21N3S. The van der Waals surface area contributed by atoms with Gasteiger partial charge in [-0.05, 0) is 36.7 Å². The molecule has 3 nitrogen and oxygen atoms in total. The molecule has 0 aliphatic rings. The second-order valence-corrected chi connectivity index (χ2v) is 5.12. The van der Waals surface area contributed by atoms with E-state index in [0.717, 1.165) is 17.8 Å². The SMILES string of the molecule is CC(/C=C\c1ccccc1)=N/NC(=S)NCC(C)C. The first kappa shape index (κ1) is 15.4. The first-order chi connectivity index (χ1) is 9.08. The van der Waals surface area contributed by atoms with Crippen LogP contribution in [0.3, 0.4) is 0 Å². The van der Waals surface area contributed by atoms with Gasteiger partial charge >= 0.3 is 0 Å². The Bertz CT molecular complexity index is 450. The zero-order chi connectivity index (χ0) is 14.1. The fourth-order valence-electron chi connectivity index (χ4n) is 1.29. The number of allylic oxidation sites excluding steroid dienone is 1. The molecule has 2 N–H and O–H groups in total. The number of rotatable bonds is 5. The molecule has 4 heteroatoms. The fraction of sp³-hybridized carbons (Fsp3) is 0.333. The van der Waals surface area contributed by atoms with Gasteiger partial charge in [-0.25, -0.2) is 0 Å². The molecule has 0 bridgehead atoms. The molecule has 1 aromatic carbocycles. The largest absolute Gasteiger partial charge is 0.361 e. The first-order valence-corrected chi connectivity index (χ1v) is 6.80. The summed E-state index contributed by atoms with van der Waals surface area (Å²) >= 11 is 5.12. The Kier molecular flexibility index (Phi) is 6.82. The standard InChI is InChI=1S/C15H21N3S/c1-12(2)11-16-15(19)18-17-13(3)9-10-14-7-5-4-6-8-14/h4-10,12H,11H2,1-3H3,(H2,16,18,19)/b10-9-,17-13-. The van der Waals surface area contributed by atoms with Crippen LogP contribution in [0, 0.1) is 5.92 Å². The molecular weight excluding hydrogens is 254 g/mol. The topological polar surface area (TPSA) is 36.4 Å². The third-order valence-corrected chi connectivity index (χ3v) is 2.56. The van der Waals surface area contributed by atoms with Crippen molar-refractivity contribution in [1.82, 2.24) is 10.7 Å². The van der Waals surface area contributed by atoms with Gasteiger partial charge in [-0.1, -0.05) is 50.3 Å². The van der Waals surface area contributed by atoms with Gasteiger partial charge in [0.25, 0.3) is 0 Å². The van der Waals surface area contributed by atoms with E-state index >= 15 is 0 Å². The summed E-state index contributed by atoms with van der Waals surface area (Å²) in [7, 11) is 0. The van der Waals surface area contributed by atoms with Crippen LogP contribution >= 0.6 is 12.2 Å². The number of nitrogens with zero attached hydrogens (tertiary/aromatic N) is 1. The first-order valence-electron chi connectivity index (χ1n) is 6.39. The molecule has 0 aliphatic heterocycles. The minimum atomic E-state index is 0.557. The van der Waals surface area contributed by atoms with Crippen LogP contribution in [-0.2, 0) is 0 Å². The Balaban J connectivity index is 2.41. The monoisotopic (exact) mass is 275 g/mol. The van der Waals surface area contributed by atoms with Crippen LogP contribution in [0.4, 0.5) is 0 Å². The lowest BCUT2D eigenvalue weighted by atomic mass is 10.2. The van der Waals surface area contributed by atoms with Gasteiger partial charge in [-0.3, -0.25) is 5.43 Å². The average Bonchev–Trinajstić information content (AvgIpc) is 2.41. The maximum atomic E-state index is 5.12. The molecule has 0 aliphatic carbocycles. The van der Waals surface area contributed by atoms with Crippen LogP contribution < -0.4 is 10.7 Å². The smallest absolute Gasteiger partial charge is 0.186 e. The number of hydrogen-bond acceptors (Lipinski definition) is 2. The molecule has 0 atom stereocenters. The molecule has 0 spiro atoms. The summed E-state index contributed by atoms with van der Waals surface area (Å²) in [5.41, 5.74) is 4.85. The van der Waals surface area contributed by atoms with Gasteiger partial charge in [-0.15, -0.1) is 0 Å². The number of benzene rings is 1. The zero-order valence-corrected chi connectivity index (χ0v) is 12.5. The van der Waals surface area contributed by atoms with E-state index in [-0.39, 0.29) is 0 Å². The van der Waals surface area contributed by atoms with Crippen LogP contribution in [0.1, 0.15) is 26.3 Å². The van der Waals surface area contributed by atoms with Gasteiger partial charge in [-0.2, -0.15) is 5.10 Å². The van der Waals surface area contributed by atoms with Crippen LogP contribution in [-0.4, -0.2) is 17.4 Å². The summed E-state index contributed by atoms with van der Waals surface area (Å²) in [4.78, 5) is 0. The lowest BCUT2D eigenvalue weighted by Crippen LogP contribution is -2.34. The zero-order valence-electron chi connectivity index (χ0n) is 11.7. The van der Waals surface area contributed by atoms with Gasteiger partial charge in [0, 0.05) is 6.54 Å². The molecule has 1 rings (SSSR count). The van der Waals surface area contributed by atoms with Crippen molar-refractivity contribution in [2.45, 2.75) is 20.8 Å². The van der Waals surface area contributed by atoms with Gasteiger partial charge in [0.1, 0.15) is 0 Å². The predicted octanol–water partition coefficient (Wildman–Crippen LogP) is 3.20. The quantitative estimate of drug-likeness (QED) is 0.492. The summed E-state index contributed by atoms with van der Waals surface area (Å²) < 4.78 is 0. The predicted molar refractivity (Wildman–Crippen MR) is 87.2 cm³/mol. The van der Waals surface area contributed by atoms with Crippen molar-refractivity contribution in [1.29, 1.82) is 0 Å². The molecule has 0 unspecified atom stereocenters. The molecule has 1 aromatic rings. The van der Waals surface area contributed by atoms with Crippen LogP contribution in [0.25, 0.3) is 6.08 Å². The third kappa shape index (κ3) is 7.36. The van der Waals surface area contributed by atoms with Gasteiger partial charge in [0.15, 0.2) is 5.11 Å². The Hall–Kier alpha value is -1.68. The highest BCUT2D eigenvalue weighted by Crippen LogP contribution is 2.00. The summed E-state index contributed by atoms with van der Waals surface area (Å²) in [6.45, 7) is 7.04. The number of hydrogen-bond donors (Lipinski definition) is 2. The van der Waals surface area contributed by atoms with Gasteiger partial charge < -0.3 is 5.32 Å². The Morgan fingerprint density at radius 1 is 1.32 bits per heavy atom. The molecule has 0 amide bonds. The van der Waals surface area contributed by atoms with Gasteiger partial charge in [0.05, 0.1) is 5.71 Å². The molecule has 102 valence electrons. The van der Waals surface area contributed by atoms with E-state index in [4.69, 9.17) is 12.2 Å². The summed E-state index contributed by atoms with van der Waals surface area (Å²) in [6.07, 6.45) is 3.97. The van der Waals surface area contributed by atoms with Crippen LogP contribution in [0.15, 0.2) is 41.5 Å².